The topological polar surface area (TPSA) is 0 Å². The molecular weight excluding hydrogens is 340 g/mol. The molecule has 2 aromatic rings. The molecule has 0 amide bonds. The van der Waals surface area contributed by atoms with Crippen LogP contribution in [0.3, 0.4) is 0 Å². The Labute approximate surface area is 152 Å². The van der Waals surface area contributed by atoms with Gasteiger partial charge >= 0.3 is 6.18 Å². The van der Waals surface area contributed by atoms with E-state index >= 15 is 0 Å². The van der Waals surface area contributed by atoms with Gasteiger partial charge in [-0.15, -0.1) is 0 Å². The minimum Gasteiger partial charge on any atom is -0.206 e. The zero-order chi connectivity index (χ0) is 19.0. The van der Waals surface area contributed by atoms with Gasteiger partial charge < -0.3 is 0 Å². The number of allylic oxidation sites excluding steroid dienone is 1. The van der Waals surface area contributed by atoms with Crippen molar-refractivity contribution < 1.29 is 17.6 Å². The lowest BCUT2D eigenvalue weighted by molar-refractivity contribution is -0.0790. The van der Waals surface area contributed by atoms with Gasteiger partial charge in [-0.05, 0) is 41.7 Å². The van der Waals surface area contributed by atoms with Crippen molar-refractivity contribution in [3.05, 3.63) is 65.5 Å². The second-order valence-corrected chi connectivity index (χ2v) is 6.47. The molecule has 0 heterocycles. The first kappa shape index (κ1) is 20.2. The van der Waals surface area contributed by atoms with Crippen LogP contribution in [0.15, 0.2) is 48.5 Å². The molecule has 0 bridgehead atoms. The fourth-order valence-corrected chi connectivity index (χ4v) is 2.82. The van der Waals surface area contributed by atoms with Crippen LogP contribution in [0.4, 0.5) is 17.6 Å². The molecule has 0 aliphatic carbocycles. The van der Waals surface area contributed by atoms with Gasteiger partial charge in [-0.25, -0.2) is 4.39 Å². The maximum absolute atomic E-state index is 14.0. The van der Waals surface area contributed by atoms with Crippen LogP contribution in [0.25, 0.3) is 17.2 Å². The Morgan fingerprint density at radius 3 is 2.12 bits per heavy atom. The van der Waals surface area contributed by atoms with E-state index in [1.165, 1.54) is 43.4 Å². The predicted octanol–water partition coefficient (Wildman–Crippen LogP) is 7.58. The molecule has 0 aliphatic rings. The molecular formula is C22H24F4. The van der Waals surface area contributed by atoms with Crippen LogP contribution < -0.4 is 0 Å². The quantitative estimate of drug-likeness (QED) is 0.334. The van der Waals surface area contributed by atoms with Crippen LogP contribution in [0, 0.1) is 5.82 Å². The molecule has 0 radical (unpaired) electrons. The maximum atomic E-state index is 14.0. The molecule has 0 fully saturated rings. The number of benzene rings is 2. The summed E-state index contributed by atoms with van der Waals surface area (Å²) >= 11 is 0. The summed E-state index contributed by atoms with van der Waals surface area (Å²) in [4.78, 5) is 0. The fourth-order valence-electron chi connectivity index (χ4n) is 2.82. The largest absolute Gasteiger partial charge is 0.409 e. The van der Waals surface area contributed by atoms with Gasteiger partial charge in [0.25, 0.3) is 0 Å². The Morgan fingerprint density at radius 1 is 0.846 bits per heavy atom. The third-order valence-corrected chi connectivity index (χ3v) is 4.31. The molecule has 26 heavy (non-hydrogen) atoms. The molecule has 0 saturated heterocycles. The number of hydrogen-bond acceptors (Lipinski definition) is 0. The van der Waals surface area contributed by atoms with E-state index in [1.807, 2.05) is 24.3 Å². The summed E-state index contributed by atoms with van der Waals surface area (Å²) in [7, 11) is 0. The van der Waals surface area contributed by atoms with Gasteiger partial charge in [0.1, 0.15) is 5.82 Å². The summed E-state index contributed by atoms with van der Waals surface area (Å²) in [5, 5.41) is 0. The number of rotatable bonds is 8. The van der Waals surface area contributed by atoms with Crippen LogP contribution in [0.1, 0.15) is 50.2 Å². The Morgan fingerprint density at radius 2 is 1.50 bits per heavy atom. The van der Waals surface area contributed by atoms with E-state index in [4.69, 9.17) is 0 Å². The number of alkyl halides is 3. The number of halogens is 4. The molecule has 0 aromatic heterocycles. The lowest BCUT2D eigenvalue weighted by Crippen LogP contribution is -2.00. The standard InChI is InChI=1S/C22H24F4/c1-2-3-4-5-6-7-17-8-10-18(11-9-17)20-13-12-19(21(23)16-20)14-15-22(24,25)26/h8-16H,2-7H2,1H3. The lowest BCUT2D eigenvalue weighted by atomic mass is 9.99. The second-order valence-electron chi connectivity index (χ2n) is 6.47. The molecule has 0 nitrogen and oxygen atoms in total. The first-order valence-corrected chi connectivity index (χ1v) is 9.04. The van der Waals surface area contributed by atoms with Crippen molar-refractivity contribution >= 4 is 6.08 Å². The zero-order valence-corrected chi connectivity index (χ0v) is 15.0. The molecule has 0 spiro atoms. The SMILES string of the molecule is CCCCCCCc1ccc(-c2ccc(C=CC(F)(F)F)c(F)c2)cc1. The third kappa shape index (κ3) is 6.66. The number of aryl methyl sites for hydroxylation is 1. The average molecular weight is 364 g/mol. The fraction of sp³-hybridized carbons (Fsp3) is 0.364. The van der Waals surface area contributed by atoms with Crippen LogP contribution in [0.5, 0.6) is 0 Å². The van der Waals surface area contributed by atoms with Crippen LogP contribution in [-0.2, 0) is 6.42 Å². The van der Waals surface area contributed by atoms with Crippen molar-refractivity contribution in [2.75, 3.05) is 0 Å². The van der Waals surface area contributed by atoms with Gasteiger partial charge in [-0.3, -0.25) is 0 Å². The molecule has 0 saturated carbocycles. The van der Waals surface area contributed by atoms with E-state index in [0.29, 0.717) is 5.56 Å². The Hall–Kier alpha value is -2.10. The van der Waals surface area contributed by atoms with Crippen molar-refractivity contribution in [3.63, 3.8) is 0 Å². The normalized spacial score (nSPS) is 12.0. The first-order chi connectivity index (χ1) is 12.4. The predicted molar refractivity (Wildman–Crippen MR) is 99.4 cm³/mol. The second kappa shape index (κ2) is 9.56. The van der Waals surface area contributed by atoms with E-state index in [-0.39, 0.29) is 11.6 Å². The van der Waals surface area contributed by atoms with Gasteiger partial charge in [-0.2, -0.15) is 13.2 Å². The third-order valence-electron chi connectivity index (χ3n) is 4.31. The van der Waals surface area contributed by atoms with Crippen molar-refractivity contribution in [1.82, 2.24) is 0 Å². The van der Waals surface area contributed by atoms with E-state index in [0.717, 1.165) is 24.5 Å². The molecule has 2 rings (SSSR count). The Bertz CT molecular complexity index is 712. The van der Waals surface area contributed by atoms with Crippen molar-refractivity contribution in [3.8, 4) is 11.1 Å². The van der Waals surface area contributed by atoms with Crippen LogP contribution in [-0.4, -0.2) is 6.18 Å². The van der Waals surface area contributed by atoms with Gasteiger partial charge in [-0.1, -0.05) is 69.0 Å². The lowest BCUT2D eigenvalue weighted by Gasteiger charge is -2.07. The summed E-state index contributed by atoms with van der Waals surface area (Å²) in [5.74, 6) is -0.664. The molecule has 0 N–H and O–H groups in total. The van der Waals surface area contributed by atoms with E-state index in [1.54, 1.807) is 6.07 Å². The van der Waals surface area contributed by atoms with Gasteiger partial charge in [0.15, 0.2) is 0 Å². The average Bonchev–Trinajstić information content (AvgIpc) is 2.60. The summed E-state index contributed by atoms with van der Waals surface area (Å²) < 4.78 is 50.6. The van der Waals surface area contributed by atoms with Gasteiger partial charge in [0.05, 0.1) is 0 Å². The van der Waals surface area contributed by atoms with Gasteiger partial charge in [0, 0.05) is 11.6 Å². The Kier molecular flexibility index (Phi) is 7.43. The van der Waals surface area contributed by atoms with Gasteiger partial charge in [0.2, 0.25) is 0 Å². The molecule has 0 unspecified atom stereocenters. The monoisotopic (exact) mass is 364 g/mol. The summed E-state index contributed by atoms with van der Waals surface area (Å²) in [6, 6.07) is 12.2. The molecule has 140 valence electrons. The zero-order valence-electron chi connectivity index (χ0n) is 15.0. The van der Waals surface area contributed by atoms with Crippen molar-refractivity contribution in [2.45, 2.75) is 51.6 Å². The minimum absolute atomic E-state index is 0.0421. The van der Waals surface area contributed by atoms with E-state index in [2.05, 4.69) is 6.92 Å². The number of hydrogen-bond donors (Lipinski definition) is 0. The number of unbranched alkanes of at least 4 members (excludes halogenated alkanes) is 4. The summed E-state index contributed by atoms with van der Waals surface area (Å²) in [5.41, 5.74) is 2.68. The highest BCUT2D eigenvalue weighted by Crippen LogP contribution is 2.25. The highest BCUT2D eigenvalue weighted by molar-refractivity contribution is 5.66. The molecule has 4 heteroatoms. The van der Waals surface area contributed by atoms with Crippen LogP contribution >= 0.6 is 0 Å². The highest BCUT2D eigenvalue weighted by atomic mass is 19.4. The van der Waals surface area contributed by atoms with Crippen molar-refractivity contribution in [2.24, 2.45) is 0 Å². The Balaban J connectivity index is 2.00. The molecule has 0 aliphatic heterocycles. The van der Waals surface area contributed by atoms with Crippen LogP contribution in [0.2, 0.25) is 0 Å². The highest BCUT2D eigenvalue weighted by Gasteiger charge is 2.22. The summed E-state index contributed by atoms with van der Waals surface area (Å²) in [6.07, 6.45) is 3.54. The minimum atomic E-state index is -4.45. The van der Waals surface area contributed by atoms with E-state index in [9.17, 15) is 17.6 Å². The smallest absolute Gasteiger partial charge is 0.206 e. The molecule has 2 aromatic carbocycles. The maximum Gasteiger partial charge on any atom is 0.409 e. The first-order valence-electron chi connectivity index (χ1n) is 9.04. The molecule has 0 atom stereocenters. The summed E-state index contributed by atoms with van der Waals surface area (Å²) in [6.45, 7) is 2.20. The van der Waals surface area contributed by atoms with Crippen molar-refractivity contribution in [1.29, 1.82) is 0 Å². The van der Waals surface area contributed by atoms with E-state index < -0.39 is 12.0 Å².